The zero-order valence-corrected chi connectivity index (χ0v) is 9.00. The Bertz CT molecular complexity index is 206. The van der Waals surface area contributed by atoms with Crippen LogP contribution in [-0.2, 0) is 9.53 Å². The molecule has 0 spiro atoms. The van der Waals surface area contributed by atoms with Gasteiger partial charge >= 0.3 is 5.97 Å². The Morgan fingerprint density at radius 3 is 2.43 bits per heavy atom. The molecule has 0 bridgehead atoms. The van der Waals surface area contributed by atoms with Gasteiger partial charge in [-0.15, -0.1) is 0 Å². The topological polar surface area (TPSA) is 26.3 Å². The Labute approximate surface area is 86.0 Å². The summed E-state index contributed by atoms with van der Waals surface area (Å²) < 4.78 is 5.31. The van der Waals surface area contributed by atoms with Gasteiger partial charge in [0.2, 0.25) is 0 Å². The average Bonchev–Trinajstić information content (AvgIpc) is 2.19. The summed E-state index contributed by atoms with van der Waals surface area (Å²) in [5.41, 5.74) is 0. The monoisotopic (exact) mass is 196 g/mol. The molecule has 0 aromatic rings. The van der Waals surface area contributed by atoms with Crippen LogP contribution in [0.1, 0.15) is 51.9 Å². The van der Waals surface area contributed by atoms with Crippen molar-refractivity contribution < 1.29 is 9.53 Å². The predicted octanol–water partition coefficient (Wildman–Crippen LogP) is 2.91. The first-order valence-corrected chi connectivity index (χ1v) is 5.98. The number of rotatable bonds is 1. The normalized spacial score (nSPS) is 35.4. The lowest BCUT2D eigenvalue weighted by molar-refractivity contribution is -0.162. The lowest BCUT2D eigenvalue weighted by Crippen LogP contribution is -2.34. The molecule has 80 valence electrons. The largest absolute Gasteiger partial charge is 0.462 e. The molecule has 0 radical (unpaired) electrons. The quantitative estimate of drug-likeness (QED) is 0.603. The van der Waals surface area contributed by atoms with E-state index in [9.17, 15) is 4.79 Å². The fourth-order valence-corrected chi connectivity index (χ4v) is 2.84. The molecule has 0 N–H and O–H groups in total. The van der Waals surface area contributed by atoms with Gasteiger partial charge in [-0.05, 0) is 38.5 Å². The summed E-state index contributed by atoms with van der Waals surface area (Å²) in [6, 6.07) is 0. The maximum Gasteiger partial charge on any atom is 0.309 e. The highest BCUT2D eigenvalue weighted by molar-refractivity contribution is 5.73. The Hall–Kier alpha value is -0.530. The summed E-state index contributed by atoms with van der Waals surface area (Å²) in [6.07, 6.45) is 8.74. The highest BCUT2D eigenvalue weighted by atomic mass is 16.5. The standard InChI is InChI=1S/C12H20O2/c1-9-7-8-11(12(13)14-9)10-5-3-2-4-6-10/h9-11H,2-8H2,1H3. The van der Waals surface area contributed by atoms with Crippen LogP contribution in [0.25, 0.3) is 0 Å². The van der Waals surface area contributed by atoms with Gasteiger partial charge in [0.25, 0.3) is 0 Å². The van der Waals surface area contributed by atoms with Crippen molar-refractivity contribution in [3.8, 4) is 0 Å². The van der Waals surface area contributed by atoms with E-state index in [1.54, 1.807) is 0 Å². The Kier molecular flexibility index (Phi) is 3.09. The Morgan fingerprint density at radius 1 is 1.07 bits per heavy atom. The third kappa shape index (κ3) is 2.10. The van der Waals surface area contributed by atoms with Crippen LogP contribution in [0, 0.1) is 11.8 Å². The van der Waals surface area contributed by atoms with Crippen LogP contribution in [0.3, 0.4) is 0 Å². The van der Waals surface area contributed by atoms with Crippen LogP contribution < -0.4 is 0 Å². The van der Waals surface area contributed by atoms with Crippen molar-refractivity contribution in [2.24, 2.45) is 11.8 Å². The predicted molar refractivity (Wildman–Crippen MR) is 54.9 cm³/mol. The molecule has 1 aliphatic carbocycles. The van der Waals surface area contributed by atoms with Crippen LogP contribution in [-0.4, -0.2) is 12.1 Å². The lowest BCUT2D eigenvalue weighted by atomic mass is 9.77. The third-order valence-corrected chi connectivity index (χ3v) is 3.72. The smallest absolute Gasteiger partial charge is 0.309 e. The molecule has 1 heterocycles. The minimum atomic E-state index is 0.0793. The van der Waals surface area contributed by atoms with Crippen molar-refractivity contribution in [2.45, 2.75) is 58.0 Å². The third-order valence-electron chi connectivity index (χ3n) is 3.72. The molecular formula is C12H20O2. The zero-order chi connectivity index (χ0) is 9.97. The number of cyclic esters (lactones) is 1. The number of hydrogen-bond acceptors (Lipinski definition) is 2. The highest BCUT2D eigenvalue weighted by Gasteiger charge is 2.34. The van der Waals surface area contributed by atoms with Gasteiger partial charge in [-0.3, -0.25) is 4.79 Å². The summed E-state index contributed by atoms with van der Waals surface area (Å²) >= 11 is 0. The van der Waals surface area contributed by atoms with E-state index in [4.69, 9.17) is 4.74 Å². The van der Waals surface area contributed by atoms with Crippen molar-refractivity contribution in [3.63, 3.8) is 0 Å². The molecule has 2 fully saturated rings. The van der Waals surface area contributed by atoms with Crippen molar-refractivity contribution in [3.05, 3.63) is 0 Å². The van der Waals surface area contributed by atoms with Gasteiger partial charge in [-0.2, -0.15) is 0 Å². The summed E-state index contributed by atoms with van der Waals surface area (Å²) in [5.74, 6) is 0.936. The van der Waals surface area contributed by atoms with Crippen LogP contribution in [0.15, 0.2) is 0 Å². The molecule has 2 aliphatic rings. The maximum absolute atomic E-state index is 11.7. The van der Waals surface area contributed by atoms with Crippen LogP contribution in [0.2, 0.25) is 0 Å². The first-order valence-electron chi connectivity index (χ1n) is 5.98. The van der Waals surface area contributed by atoms with Crippen LogP contribution in [0.4, 0.5) is 0 Å². The molecule has 2 atom stereocenters. The molecule has 2 nitrogen and oxygen atoms in total. The molecule has 2 unspecified atom stereocenters. The second-order valence-electron chi connectivity index (χ2n) is 4.83. The molecule has 1 aliphatic heterocycles. The molecule has 0 aromatic carbocycles. The van der Waals surface area contributed by atoms with Gasteiger partial charge in [0.15, 0.2) is 0 Å². The number of hydrogen-bond donors (Lipinski definition) is 0. The number of carbonyl (C=O) groups excluding carboxylic acids is 1. The Morgan fingerprint density at radius 2 is 1.79 bits per heavy atom. The fourth-order valence-electron chi connectivity index (χ4n) is 2.84. The van der Waals surface area contributed by atoms with E-state index in [1.807, 2.05) is 6.92 Å². The Balaban J connectivity index is 1.92. The van der Waals surface area contributed by atoms with E-state index in [0.717, 1.165) is 12.8 Å². The second kappa shape index (κ2) is 4.33. The fraction of sp³-hybridized carbons (Fsp3) is 0.917. The van der Waals surface area contributed by atoms with E-state index >= 15 is 0 Å². The van der Waals surface area contributed by atoms with Gasteiger partial charge in [0.1, 0.15) is 0 Å². The molecule has 14 heavy (non-hydrogen) atoms. The lowest BCUT2D eigenvalue weighted by Gasteiger charge is -2.33. The summed E-state index contributed by atoms with van der Waals surface area (Å²) in [7, 11) is 0. The second-order valence-corrected chi connectivity index (χ2v) is 4.83. The van der Waals surface area contributed by atoms with E-state index in [2.05, 4.69) is 0 Å². The minimum Gasteiger partial charge on any atom is -0.462 e. The molecule has 0 aromatic heterocycles. The molecule has 1 saturated heterocycles. The first-order chi connectivity index (χ1) is 6.77. The average molecular weight is 196 g/mol. The summed E-state index contributed by atoms with van der Waals surface area (Å²) in [6.45, 7) is 2.00. The number of carbonyl (C=O) groups is 1. The first kappa shape index (κ1) is 10.0. The zero-order valence-electron chi connectivity index (χ0n) is 9.00. The van der Waals surface area contributed by atoms with Gasteiger partial charge < -0.3 is 4.74 Å². The van der Waals surface area contributed by atoms with Crippen molar-refractivity contribution in [1.82, 2.24) is 0 Å². The van der Waals surface area contributed by atoms with E-state index in [0.29, 0.717) is 5.92 Å². The SMILES string of the molecule is CC1CCC(C2CCCCC2)C(=O)O1. The van der Waals surface area contributed by atoms with Gasteiger partial charge in [0, 0.05) is 0 Å². The number of esters is 1. The van der Waals surface area contributed by atoms with E-state index in [1.165, 1.54) is 32.1 Å². The number of ether oxygens (including phenoxy) is 1. The van der Waals surface area contributed by atoms with Crippen molar-refractivity contribution in [2.75, 3.05) is 0 Å². The molecule has 2 heteroatoms. The summed E-state index contributed by atoms with van der Waals surface area (Å²) in [4.78, 5) is 11.7. The molecule has 0 amide bonds. The van der Waals surface area contributed by atoms with Gasteiger partial charge in [-0.1, -0.05) is 19.3 Å². The molecule has 1 saturated carbocycles. The van der Waals surface area contributed by atoms with Gasteiger partial charge in [-0.25, -0.2) is 0 Å². The maximum atomic E-state index is 11.7. The van der Waals surface area contributed by atoms with Gasteiger partial charge in [0.05, 0.1) is 12.0 Å². The molecular weight excluding hydrogens is 176 g/mol. The van der Waals surface area contributed by atoms with Crippen molar-refractivity contribution >= 4 is 5.97 Å². The van der Waals surface area contributed by atoms with Crippen molar-refractivity contribution in [1.29, 1.82) is 0 Å². The minimum absolute atomic E-state index is 0.0793. The molecule has 2 rings (SSSR count). The van der Waals surface area contributed by atoms with Crippen LogP contribution >= 0.6 is 0 Å². The van der Waals surface area contributed by atoms with Crippen LogP contribution in [0.5, 0.6) is 0 Å². The van der Waals surface area contributed by atoms with E-state index in [-0.39, 0.29) is 18.0 Å². The summed E-state index contributed by atoms with van der Waals surface area (Å²) in [5, 5.41) is 0. The highest BCUT2D eigenvalue weighted by Crippen LogP contribution is 2.35. The van der Waals surface area contributed by atoms with E-state index < -0.39 is 0 Å².